The molecule has 4 rings (SSSR count). The Kier molecular flexibility index (Phi) is 4.91. The van der Waals surface area contributed by atoms with Crippen molar-refractivity contribution in [1.29, 1.82) is 0 Å². The van der Waals surface area contributed by atoms with Crippen LogP contribution in [0.1, 0.15) is 48.8 Å². The molecule has 0 spiro atoms. The number of Topliss-reactive ketones (excluding diaryl/α,β-unsaturated/α-hetero) is 1. The Hall–Kier alpha value is -3.08. The van der Waals surface area contributed by atoms with Gasteiger partial charge in [0.2, 0.25) is 0 Å². The zero-order valence-electron chi connectivity index (χ0n) is 17.5. The lowest BCUT2D eigenvalue weighted by atomic mass is 9.76. The van der Waals surface area contributed by atoms with E-state index in [9.17, 15) is 4.79 Å². The van der Waals surface area contributed by atoms with E-state index in [-0.39, 0.29) is 11.2 Å². The topological polar surface area (TPSA) is 56.1 Å². The van der Waals surface area contributed by atoms with Crippen LogP contribution in [-0.2, 0) is 12.8 Å². The summed E-state index contributed by atoms with van der Waals surface area (Å²) in [5.41, 5.74) is 4.71. The van der Waals surface area contributed by atoms with Crippen molar-refractivity contribution >= 4 is 17.3 Å². The highest BCUT2D eigenvalue weighted by molar-refractivity contribution is 6.03. The average Bonchev–Trinajstić information content (AvgIpc) is 3.05. The van der Waals surface area contributed by atoms with Crippen molar-refractivity contribution in [1.82, 2.24) is 9.78 Å². The Morgan fingerprint density at radius 3 is 2.38 bits per heavy atom. The molecule has 1 aliphatic carbocycles. The summed E-state index contributed by atoms with van der Waals surface area (Å²) in [5.74, 6) is 1.56. The van der Waals surface area contributed by atoms with Crippen molar-refractivity contribution in [3.63, 3.8) is 0 Å². The Labute approximate surface area is 171 Å². The molecule has 0 radical (unpaired) electrons. The van der Waals surface area contributed by atoms with Gasteiger partial charge in [0.05, 0.1) is 24.1 Å². The lowest BCUT2D eigenvalue weighted by Gasteiger charge is -2.29. The highest BCUT2D eigenvalue weighted by Crippen LogP contribution is 2.39. The van der Waals surface area contributed by atoms with Crippen LogP contribution in [0.4, 0.5) is 11.5 Å². The summed E-state index contributed by atoms with van der Waals surface area (Å²) < 4.78 is 7.17. The summed E-state index contributed by atoms with van der Waals surface area (Å²) in [6, 6.07) is 16.0. The van der Waals surface area contributed by atoms with E-state index in [0.717, 1.165) is 35.7 Å². The number of nitrogens with one attached hydrogen (secondary N) is 1. The van der Waals surface area contributed by atoms with Gasteiger partial charge in [-0.15, -0.1) is 5.10 Å². The second-order valence-electron chi connectivity index (χ2n) is 8.40. The molecule has 0 saturated heterocycles. The zero-order chi connectivity index (χ0) is 20.6. The fourth-order valence-corrected chi connectivity index (χ4v) is 3.93. The van der Waals surface area contributed by atoms with Crippen LogP contribution in [-0.4, -0.2) is 22.7 Å². The summed E-state index contributed by atoms with van der Waals surface area (Å²) in [6.07, 6.45) is 2.32. The molecule has 5 heteroatoms. The van der Waals surface area contributed by atoms with Gasteiger partial charge >= 0.3 is 0 Å². The van der Waals surface area contributed by atoms with Crippen LogP contribution in [0.5, 0.6) is 5.75 Å². The molecule has 29 heavy (non-hydrogen) atoms. The number of hydrogen-bond acceptors (Lipinski definition) is 4. The van der Waals surface area contributed by atoms with Gasteiger partial charge in [-0.05, 0) is 60.2 Å². The first-order valence-corrected chi connectivity index (χ1v) is 10.1. The first-order valence-electron chi connectivity index (χ1n) is 10.1. The number of ketones is 1. The summed E-state index contributed by atoms with van der Waals surface area (Å²) in [4.78, 5) is 13.0. The predicted octanol–water partition coefficient (Wildman–Crippen LogP) is 5.34. The zero-order valence-corrected chi connectivity index (χ0v) is 17.5. The molecule has 0 fully saturated rings. The molecule has 0 saturated carbocycles. The van der Waals surface area contributed by atoms with Gasteiger partial charge in [-0.1, -0.05) is 32.9 Å². The third-order valence-electron chi connectivity index (χ3n) is 5.49. The standard InChI is InChI=1S/C24H27N3O2/c1-5-16-6-8-17(9-7-16)25-23-22-20(14-24(2,3)15-21(22)28)27(26-23)18-10-12-19(29-4)13-11-18/h6-13H,5,14-15H2,1-4H3,(H,25,26). The van der Waals surface area contributed by atoms with Gasteiger partial charge in [0.1, 0.15) is 5.75 Å². The number of anilines is 2. The van der Waals surface area contributed by atoms with Gasteiger partial charge in [0, 0.05) is 12.1 Å². The minimum absolute atomic E-state index is 0.0889. The third kappa shape index (κ3) is 3.77. The minimum Gasteiger partial charge on any atom is -0.497 e. The molecular formula is C24H27N3O2. The minimum atomic E-state index is -0.0889. The molecule has 1 aliphatic rings. The van der Waals surface area contributed by atoms with Crippen molar-refractivity contribution in [3.05, 3.63) is 65.4 Å². The van der Waals surface area contributed by atoms with Gasteiger partial charge in [-0.2, -0.15) is 0 Å². The van der Waals surface area contributed by atoms with E-state index in [1.54, 1.807) is 7.11 Å². The molecule has 1 N–H and O–H groups in total. The van der Waals surface area contributed by atoms with Crippen molar-refractivity contribution in [2.45, 2.75) is 40.0 Å². The molecule has 0 aliphatic heterocycles. The fourth-order valence-electron chi connectivity index (χ4n) is 3.93. The number of hydrogen-bond donors (Lipinski definition) is 1. The predicted molar refractivity (Wildman–Crippen MR) is 116 cm³/mol. The monoisotopic (exact) mass is 389 g/mol. The van der Waals surface area contributed by atoms with Crippen LogP contribution in [0.3, 0.4) is 0 Å². The van der Waals surface area contributed by atoms with Gasteiger partial charge in [-0.25, -0.2) is 4.68 Å². The highest BCUT2D eigenvalue weighted by atomic mass is 16.5. The second kappa shape index (κ2) is 7.39. The molecule has 1 aromatic heterocycles. The van der Waals surface area contributed by atoms with Crippen molar-refractivity contribution in [2.24, 2.45) is 5.41 Å². The largest absolute Gasteiger partial charge is 0.497 e. The Balaban J connectivity index is 1.79. The van der Waals surface area contributed by atoms with E-state index in [1.807, 2.05) is 41.1 Å². The van der Waals surface area contributed by atoms with Crippen LogP contribution in [0, 0.1) is 5.41 Å². The van der Waals surface area contributed by atoms with Crippen LogP contribution in [0.15, 0.2) is 48.5 Å². The lowest BCUT2D eigenvalue weighted by Crippen LogP contribution is -2.28. The molecule has 0 atom stereocenters. The third-order valence-corrected chi connectivity index (χ3v) is 5.49. The average molecular weight is 389 g/mol. The molecule has 0 unspecified atom stereocenters. The number of carbonyl (C=O) groups is 1. The highest BCUT2D eigenvalue weighted by Gasteiger charge is 2.36. The van der Waals surface area contributed by atoms with E-state index in [4.69, 9.17) is 9.84 Å². The van der Waals surface area contributed by atoms with E-state index in [1.165, 1.54) is 5.56 Å². The summed E-state index contributed by atoms with van der Waals surface area (Å²) in [6.45, 7) is 6.40. The quantitative estimate of drug-likeness (QED) is 0.640. The molecule has 1 heterocycles. The molecule has 5 nitrogen and oxygen atoms in total. The number of benzene rings is 2. The maximum atomic E-state index is 13.0. The van der Waals surface area contributed by atoms with E-state index < -0.39 is 0 Å². The maximum absolute atomic E-state index is 13.0. The van der Waals surface area contributed by atoms with Crippen LogP contribution >= 0.6 is 0 Å². The Morgan fingerprint density at radius 2 is 1.76 bits per heavy atom. The normalized spacial score (nSPS) is 15.1. The van der Waals surface area contributed by atoms with Gasteiger partial charge in [-0.3, -0.25) is 4.79 Å². The molecular weight excluding hydrogens is 362 g/mol. The lowest BCUT2D eigenvalue weighted by molar-refractivity contribution is 0.0912. The summed E-state index contributed by atoms with van der Waals surface area (Å²) >= 11 is 0. The second-order valence-corrected chi connectivity index (χ2v) is 8.40. The molecule has 0 bridgehead atoms. The molecule has 2 aromatic carbocycles. The van der Waals surface area contributed by atoms with E-state index in [2.05, 4.69) is 38.2 Å². The number of carbonyl (C=O) groups excluding carboxylic acids is 1. The van der Waals surface area contributed by atoms with Gasteiger partial charge in [0.25, 0.3) is 0 Å². The van der Waals surface area contributed by atoms with Crippen molar-refractivity contribution in [2.75, 3.05) is 12.4 Å². The maximum Gasteiger partial charge on any atom is 0.169 e. The first-order chi connectivity index (χ1) is 13.9. The number of ether oxygens (including phenoxy) is 1. The number of aromatic nitrogens is 2. The number of rotatable bonds is 5. The number of fused-ring (bicyclic) bond motifs is 1. The Morgan fingerprint density at radius 1 is 1.07 bits per heavy atom. The molecule has 150 valence electrons. The summed E-state index contributed by atoms with van der Waals surface area (Å²) in [7, 11) is 1.65. The molecule has 0 amide bonds. The number of methoxy groups -OCH3 is 1. The van der Waals surface area contributed by atoms with Gasteiger partial charge in [0.15, 0.2) is 11.6 Å². The van der Waals surface area contributed by atoms with E-state index >= 15 is 0 Å². The van der Waals surface area contributed by atoms with Crippen LogP contribution < -0.4 is 10.1 Å². The number of aryl methyl sites for hydroxylation is 1. The smallest absolute Gasteiger partial charge is 0.169 e. The van der Waals surface area contributed by atoms with E-state index in [0.29, 0.717) is 17.8 Å². The summed E-state index contributed by atoms with van der Waals surface area (Å²) in [5, 5.41) is 8.19. The molecule has 3 aromatic rings. The van der Waals surface area contributed by atoms with Gasteiger partial charge < -0.3 is 10.1 Å². The van der Waals surface area contributed by atoms with Crippen molar-refractivity contribution < 1.29 is 9.53 Å². The van der Waals surface area contributed by atoms with Crippen molar-refractivity contribution in [3.8, 4) is 11.4 Å². The fraction of sp³-hybridized carbons (Fsp3) is 0.333. The number of nitrogens with zero attached hydrogens (tertiary/aromatic N) is 2. The van der Waals surface area contributed by atoms with Crippen LogP contribution in [0.25, 0.3) is 5.69 Å². The Bertz CT molecular complexity index is 1030. The van der Waals surface area contributed by atoms with Crippen LogP contribution in [0.2, 0.25) is 0 Å². The first kappa shape index (κ1) is 19.2. The SMILES string of the molecule is CCc1ccc(Nc2nn(-c3ccc(OC)cc3)c3c2C(=O)CC(C)(C)C3)cc1.